The van der Waals surface area contributed by atoms with E-state index in [1.54, 1.807) is 6.07 Å². The van der Waals surface area contributed by atoms with Gasteiger partial charge in [-0.3, -0.25) is 14.3 Å². The molecule has 1 N–H and O–H groups in total. The van der Waals surface area contributed by atoms with Crippen molar-refractivity contribution in [1.82, 2.24) is 9.55 Å². The van der Waals surface area contributed by atoms with Crippen LogP contribution in [0.25, 0.3) is 5.69 Å². The second-order valence-corrected chi connectivity index (χ2v) is 3.76. The Bertz CT molecular complexity index is 773. The van der Waals surface area contributed by atoms with E-state index in [-0.39, 0.29) is 16.3 Å². The zero-order valence-corrected chi connectivity index (χ0v) is 9.53. The molecule has 2 aromatic rings. The molecular weight excluding hydrogens is 261 g/mol. The first kappa shape index (κ1) is 12.1. The van der Waals surface area contributed by atoms with Gasteiger partial charge in [0, 0.05) is 6.20 Å². The predicted molar refractivity (Wildman–Crippen MR) is 62.3 cm³/mol. The largest absolute Gasteiger partial charge is 0.333 e. The highest BCUT2D eigenvalue weighted by Gasteiger charge is 2.11. The molecule has 1 aromatic carbocycles. The normalized spacial score (nSPS) is 10.1. The summed E-state index contributed by atoms with van der Waals surface area (Å²) in [5.41, 5.74) is -2.10. The van der Waals surface area contributed by atoms with E-state index >= 15 is 0 Å². The summed E-state index contributed by atoms with van der Waals surface area (Å²) >= 11 is 5.59. The molecule has 2 rings (SSSR count). The van der Waals surface area contributed by atoms with Crippen molar-refractivity contribution in [3.05, 3.63) is 61.6 Å². The molecule has 0 unspecified atom stereocenters. The van der Waals surface area contributed by atoms with E-state index in [4.69, 9.17) is 16.9 Å². The van der Waals surface area contributed by atoms with Crippen molar-refractivity contribution in [1.29, 1.82) is 5.26 Å². The fraction of sp³-hybridized carbons (Fsp3) is 0. The van der Waals surface area contributed by atoms with Crippen LogP contribution in [0.2, 0.25) is 5.02 Å². The van der Waals surface area contributed by atoms with Gasteiger partial charge in [-0.1, -0.05) is 17.7 Å². The second-order valence-electron chi connectivity index (χ2n) is 3.36. The molecule has 0 aliphatic heterocycles. The highest BCUT2D eigenvalue weighted by atomic mass is 35.5. The molecule has 0 spiro atoms. The van der Waals surface area contributed by atoms with Crippen LogP contribution in [0.5, 0.6) is 0 Å². The van der Waals surface area contributed by atoms with Crippen molar-refractivity contribution in [3.8, 4) is 11.8 Å². The molecule has 1 aromatic heterocycles. The van der Waals surface area contributed by atoms with Gasteiger partial charge in [0.15, 0.2) is 5.82 Å². The number of benzene rings is 1. The van der Waals surface area contributed by atoms with Gasteiger partial charge in [-0.25, -0.2) is 9.18 Å². The van der Waals surface area contributed by atoms with E-state index in [0.717, 1.165) is 10.8 Å². The summed E-state index contributed by atoms with van der Waals surface area (Å²) in [6, 6.07) is 5.69. The number of hydrogen-bond donors (Lipinski definition) is 1. The molecule has 7 heteroatoms. The van der Waals surface area contributed by atoms with E-state index in [0.29, 0.717) is 0 Å². The standard InChI is InChI=1S/C11H5ClFN3O2/c12-7-2-1-3-8(9(7)13)16-5-6(4-14)10(17)15-11(16)18/h1-3,5H,(H,15,17,18). The van der Waals surface area contributed by atoms with E-state index < -0.39 is 17.1 Å². The minimum atomic E-state index is -0.847. The molecule has 0 aliphatic rings. The van der Waals surface area contributed by atoms with Crippen molar-refractivity contribution < 1.29 is 4.39 Å². The Kier molecular flexibility index (Phi) is 3.00. The Morgan fingerprint density at radius 1 is 1.39 bits per heavy atom. The molecule has 90 valence electrons. The average molecular weight is 266 g/mol. The molecule has 5 nitrogen and oxygen atoms in total. The average Bonchev–Trinajstić information content (AvgIpc) is 2.34. The number of hydrogen-bond acceptors (Lipinski definition) is 3. The van der Waals surface area contributed by atoms with Gasteiger partial charge in [0.1, 0.15) is 11.6 Å². The van der Waals surface area contributed by atoms with Crippen LogP contribution < -0.4 is 11.2 Å². The minimum Gasteiger partial charge on any atom is -0.273 e. The van der Waals surface area contributed by atoms with Gasteiger partial charge >= 0.3 is 5.69 Å². The Balaban J connectivity index is 2.81. The summed E-state index contributed by atoms with van der Waals surface area (Å²) in [6.45, 7) is 0. The molecule has 1 heterocycles. The number of nitrogens with one attached hydrogen (secondary N) is 1. The number of nitrogens with zero attached hydrogens (tertiary/aromatic N) is 2. The van der Waals surface area contributed by atoms with Crippen LogP contribution in [0.1, 0.15) is 5.56 Å². The summed E-state index contributed by atoms with van der Waals surface area (Å²) in [4.78, 5) is 24.7. The second kappa shape index (κ2) is 4.47. The molecule has 0 radical (unpaired) electrons. The predicted octanol–water partition coefficient (Wildman–Crippen LogP) is 1.19. The fourth-order valence-electron chi connectivity index (χ4n) is 1.41. The van der Waals surface area contributed by atoms with Crippen LogP contribution in [0.3, 0.4) is 0 Å². The maximum Gasteiger partial charge on any atom is 0.333 e. The molecule has 0 saturated heterocycles. The molecule has 0 aliphatic carbocycles. The van der Waals surface area contributed by atoms with Crippen LogP contribution >= 0.6 is 11.6 Å². The van der Waals surface area contributed by atoms with Crippen LogP contribution in [-0.4, -0.2) is 9.55 Å². The minimum absolute atomic E-state index is 0.139. The van der Waals surface area contributed by atoms with Crippen molar-refractivity contribution >= 4 is 11.6 Å². The summed E-state index contributed by atoms with van der Waals surface area (Å²) in [5, 5.41) is 8.54. The van der Waals surface area contributed by atoms with Gasteiger partial charge in [-0.05, 0) is 12.1 Å². The number of halogens is 2. The molecule has 0 fully saturated rings. The van der Waals surface area contributed by atoms with Gasteiger partial charge in [0.2, 0.25) is 0 Å². The maximum absolute atomic E-state index is 13.7. The molecule has 0 atom stereocenters. The third kappa shape index (κ3) is 1.92. The van der Waals surface area contributed by atoms with Gasteiger partial charge < -0.3 is 0 Å². The van der Waals surface area contributed by atoms with E-state index in [1.165, 1.54) is 18.2 Å². The number of H-pyrrole nitrogens is 1. The highest BCUT2D eigenvalue weighted by Crippen LogP contribution is 2.19. The SMILES string of the molecule is N#Cc1cn(-c2cccc(Cl)c2F)c(=O)[nH]c1=O. The number of aromatic amines is 1. The van der Waals surface area contributed by atoms with Crippen LogP contribution in [0, 0.1) is 17.1 Å². The maximum atomic E-state index is 13.7. The highest BCUT2D eigenvalue weighted by molar-refractivity contribution is 6.30. The summed E-state index contributed by atoms with van der Waals surface area (Å²) in [5.74, 6) is -0.808. The third-order valence-corrected chi connectivity index (χ3v) is 2.55. The number of aromatic nitrogens is 2. The van der Waals surface area contributed by atoms with E-state index in [2.05, 4.69) is 0 Å². The monoisotopic (exact) mass is 265 g/mol. The third-order valence-electron chi connectivity index (χ3n) is 2.25. The first-order valence-electron chi connectivity index (χ1n) is 4.75. The van der Waals surface area contributed by atoms with Crippen LogP contribution in [0.4, 0.5) is 4.39 Å². The zero-order valence-electron chi connectivity index (χ0n) is 8.78. The summed E-state index contributed by atoms with van der Waals surface area (Å²) in [7, 11) is 0. The molecule has 0 saturated carbocycles. The lowest BCUT2D eigenvalue weighted by Crippen LogP contribution is -2.30. The van der Waals surface area contributed by atoms with Gasteiger partial charge in [0.25, 0.3) is 5.56 Å². The molecule has 18 heavy (non-hydrogen) atoms. The quantitative estimate of drug-likeness (QED) is 0.841. The van der Waals surface area contributed by atoms with Crippen LogP contribution in [-0.2, 0) is 0 Å². The van der Waals surface area contributed by atoms with Gasteiger partial charge in [-0.2, -0.15) is 5.26 Å². The van der Waals surface area contributed by atoms with Crippen molar-refractivity contribution in [2.24, 2.45) is 0 Å². The summed E-state index contributed by atoms with van der Waals surface area (Å²) in [6.07, 6.45) is 0.968. The smallest absolute Gasteiger partial charge is 0.273 e. The van der Waals surface area contributed by atoms with Crippen molar-refractivity contribution in [2.75, 3.05) is 0 Å². The Morgan fingerprint density at radius 3 is 2.78 bits per heavy atom. The lowest BCUT2D eigenvalue weighted by atomic mass is 10.3. The van der Waals surface area contributed by atoms with Crippen LogP contribution in [0.15, 0.2) is 34.0 Å². The van der Waals surface area contributed by atoms with E-state index in [9.17, 15) is 14.0 Å². The van der Waals surface area contributed by atoms with Gasteiger partial charge in [0.05, 0.1) is 10.7 Å². The van der Waals surface area contributed by atoms with Crippen molar-refractivity contribution in [2.45, 2.75) is 0 Å². The lowest BCUT2D eigenvalue weighted by Gasteiger charge is -2.07. The molecule has 0 bridgehead atoms. The molecule has 0 amide bonds. The first-order valence-corrected chi connectivity index (χ1v) is 5.13. The Hall–Kier alpha value is -2.39. The molecular formula is C11H5ClFN3O2. The topological polar surface area (TPSA) is 78.7 Å². The lowest BCUT2D eigenvalue weighted by molar-refractivity contribution is 0.614. The number of nitriles is 1. The number of rotatable bonds is 1. The summed E-state index contributed by atoms with van der Waals surface area (Å²) < 4.78 is 14.6. The fourth-order valence-corrected chi connectivity index (χ4v) is 1.58. The Morgan fingerprint density at radius 2 is 2.11 bits per heavy atom. The van der Waals surface area contributed by atoms with Gasteiger partial charge in [-0.15, -0.1) is 0 Å². The van der Waals surface area contributed by atoms with Crippen molar-refractivity contribution in [3.63, 3.8) is 0 Å². The zero-order chi connectivity index (χ0) is 13.3. The Labute approximate surface area is 105 Å². The van der Waals surface area contributed by atoms with E-state index in [1.807, 2.05) is 4.98 Å². The first-order chi connectivity index (χ1) is 8.54.